The molecule has 0 fully saturated rings. The predicted octanol–water partition coefficient (Wildman–Crippen LogP) is 8.58. The molecule has 1 unspecified atom stereocenters. The van der Waals surface area contributed by atoms with Gasteiger partial charge >= 0.3 is 12.3 Å². The molecule has 0 radical (unpaired) electrons. The maximum absolute atomic E-state index is 15.7. The summed E-state index contributed by atoms with van der Waals surface area (Å²) in [6.45, 7) is 7.75. The average molecular weight is 679 g/mol. The second kappa shape index (κ2) is 15.8. The van der Waals surface area contributed by atoms with E-state index in [0.29, 0.717) is 35.1 Å². The molecule has 4 aromatic carbocycles. The third kappa shape index (κ3) is 9.68. The van der Waals surface area contributed by atoms with Crippen molar-refractivity contribution < 1.29 is 41.8 Å². The molecule has 0 aromatic heterocycles. The molecular formula is C38H38F4N2O5. The van der Waals surface area contributed by atoms with Crippen molar-refractivity contribution in [2.75, 3.05) is 6.54 Å². The van der Waals surface area contributed by atoms with Crippen LogP contribution in [0.25, 0.3) is 11.1 Å². The van der Waals surface area contributed by atoms with Crippen molar-refractivity contribution >= 4 is 17.8 Å². The van der Waals surface area contributed by atoms with Gasteiger partial charge in [-0.15, -0.1) is 13.2 Å². The smallest absolute Gasteiger partial charge is 0.481 e. The van der Waals surface area contributed by atoms with Crippen LogP contribution in [0.15, 0.2) is 78.9 Å². The molecule has 0 saturated heterocycles. The van der Waals surface area contributed by atoms with Gasteiger partial charge < -0.3 is 20.5 Å². The lowest BCUT2D eigenvalue weighted by atomic mass is 9.83. The van der Waals surface area contributed by atoms with Crippen molar-refractivity contribution in [3.05, 3.63) is 124 Å². The number of hydrogen-bond donors (Lipinski definition) is 3. The molecule has 49 heavy (non-hydrogen) atoms. The van der Waals surface area contributed by atoms with Crippen LogP contribution in [-0.4, -0.2) is 35.8 Å². The van der Waals surface area contributed by atoms with E-state index in [1.54, 1.807) is 30.3 Å². The van der Waals surface area contributed by atoms with E-state index in [9.17, 15) is 27.6 Å². The Kier molecular flexibility index (Phi) is 11.8. The van der Waals surface area contributed by atoms with Gasteiger partial charge in [0.05, 0.1) is 18.0 Å². The number of ether oxygens (including phenoxy) is 1. The molecule has 2 amide bonds. The summed E-state index contributed by atoms with van der Waals surface area (Å²) >= 11 is 0. The number of aryl methyl sites for hydroxylation is 3. The van der Waals surface area contributed by atoms with Gasteiger partial charge in [0.2, 0.25) is 0 Å². The van der Waals surface area contributed by atoms with Crippen LogP contribution in [0.3, 0.4) is 0 Å². The van der Waals surface area contributed by atoms with E-state index >= 15 is 4.39 Å². The maximum Gasteiger partial charge on any atom is 0.573 e. The molecule has 0 aliphatic rings. The van der Waals surface area contributed by atoms with E-state index in [1.165, 1.54) is 24.3 Å². The average Bonchev–Trinajstić information content (AvgIpc) is 3.02. The second-order valence-corrected chi connectivity index (χ2v) is 12.0. The van der Waals surface area contributed by atoms with Gasteiger partial charge in [-0.1, -0.05) is 61.4 Å². The fourth-order valence-corrected chi connectivity index (χ4v) is 6.11. The lowest BCUT2D eigenvalue weighted by Gasteiger charge is -2.29. The number of nitrogens with one attached hydrogen (secondary N) is 2. The molecule has 11 heteroatoms. The zero-order valence-corrected chi connectivity index (χ0v) is 27.6. The van der Waals surface area contributed by atoms with Crippen molar-refractivity contribution in [2.45, 2.75) is 65.3 Å². The summed E-state index contributed by atoms with van der Waals surface area (Å²) in [5.41, 5.74) is 5.78. The molecule has 4 aromatic rings. The fourth-order valence-electron chi connectivity index (χ4n) is 6.11. The van der Waals surface area contributed by atoms with E-state index in [4.69, 9.17) is 5.11 Å². The third-order valence-electron chi connectivity index (χ3n) is 8.17. The maximum atomic E-state index is 15.7. The summed E-state index contributed by atoms with van der Waals surface area (Å²) in [4.78, 5) is 37.1. The number of carbonyl (C=O) groups excluding carboxylic acids is 2. The molecule has 0 heterocycles. The normalized spacial score (nSPS) is 12.6. The number of amides is 2. The van der Waals surface area contributed by atoms with Gasteiger partial charge in [-0.05, 0) is 97.0 Å². The minimum Gasteiger partial charge on any atom is -0.481 e. The minimum atomic E-state index is -4.89. The first kappa shape index (κ1) is 36.6. The molecule has 7 nitrogen and oxygen atoms in total. The third-order valence-corrected chi connectivity index (χ3v) is 8.17. The number of hydrogen-bond acceptors (Lipinski definition) is 4. The molecule has 0 spiro atoms. The number of carboxylic acid groups (broad SMARTS) is 1. The highest BCUT2D eigenvalue weighted by Crippen LogP contribution is 2.37. The molecule has 0 saturated carbocycles. The van der Waals surface area contributed by atoms with Crippen LogP contribution in [0.4, 0.5) is 17.6 Å². The Morgan fingerprint density at radius 1 is 0.837 bits per heavy atom. The summed E-state index contributed by atoms with van der Waals surface area (Å²) in [6.07, 6.45) is -3.95. The predicted molar refractivity (Wildman–Crippen MR) is 178 cm³/mol. The molecule has 3 N–H and O–H groups in total. The Balaban J connectivity index is 1.68. The van der Waals surface area contributed by atoms with E-state index in [0.717, 1.165) is 34.4 Å². The van der Waals surface area contributed by atoms with Crippen molar-refractivity contribution in [3.8, 4) is 16.9 Å². The van der Waals surface area contributed by atoms with Gasteiger partial charge in [0.15, 0.2) is 0 Å². The zero-order valence-electron chi connectivity index (χ0n) is 27.6. The molecule has 0 aliphatic heterocycles. The number of alkyl halides is 3. The number of rotatable bonds is 13. The van der Waals surface area contributed by atoms with Gasteiger partial charge in [-0.2, -0.15) is 0 Å². The first-order valence-electron chi connectivity index (χ1n) is 15.8. The monoisotopic (exact) mass is 678 g/mol. The molecular weight excluding hydrogens is 640 g/mol. The Morgan fingerprint density at radius 3 is 2.00 bits per heavy atom. The number of carboxylic acids is 1. The first-order chi connectivity index (χ1) is 23.2. The first-order valence-corrected chi connectivity index (χ1v) is 15.8. The van der Waals surface area contributed by atoms with Crippen LogP contribution in [-0.2, 0) is 4.79 Å². The Labute approximate surface area is 282 Å². The molecule has 0 aliphatic carbocycles. The Morgan fingerprint density at radius 2 is 1.45 bits per heavy atom. The van der Waals surface area contributed by atoms with Gasteiger partial charge in [0.1, 0.15) is 11.6 Å². The van der Waals surface area contributed by atoms with Crippen molar-refractivity contribution in [2.24, 2.45) is 0 Å². The summed E-state index contributed by atoms with van der Waals surface area (Å²) in [5.74, 6) is -3.82. The molecule has 4 rings (SSSR count). The van der Waals surface area contributed by atoms with E-state index in [-0.39, 0.29) is 18.5 Å². The van der Waals surface area contributed by atoms with Crippen LogP contribution in [0, 0.1) is 26.6 Å². The fraction of sp³-hybridized carbons (Fsp3) is 0.289. The van der Waals surface area contributed by atoms with Crippen molar-refractivity contribution in [1.29, 1.82) is 0 Å². The molecule has 0 bridgehead atoms. The van der Waals surface area contributed by atoms with Crippen molar-refractivity contribution in [3.63, 3.8) is 0 Å². The topological polar surface area (TPSA) is 105 Å². The number of halogens is 4. The summed E-state index contributed by atoms with van der Waals surface area (Å²) in [6, 6.07) is 19.3. The van der Waals surface area contributed by atoms with Gasteiger partial charge in [0.25, 0.3) is 11.8 Å². The van der Waals surface area contributed by atoms with Crippen LogP contribution in [0.1, 0.15) is 86.7 Å². The minimum absolute atomic E-state index is 0.0433. The highest BCUT2D eigenvalue weighted by atomic mass is 19.4. The highest BCUT2D eigenvalue weighted by Gasteiger charge is 2.32. The Bertz CT molecular complexity index is 1780. The lowest BCUT2D eigenvalue weighted by molar-refractivity contribution is -0.274. The van der Waals surface area contributed by atoms with Crippen LogP contribution < -0.4 is 15.4 Å². The van der Waals surface area contributed by atoms with Crippen LogP contribution >= 0.6 is 0 Å². The highest BCUT2D eigenvalue weighted by molar-refractivity contribution is 5.96. The van der Waals surface area contributed by atoms with E-state index in [1.807, 2.05) is 39.8 Å². The quantitative estimate of drug-likeness (QED) is 0.123. The van der Waals surface area contributed by atoms with Crippen LogP contribution in [0.2, 0.25) is 0 Å². The summed E-state index contributed by atoms with van der Waals surface area (Å²) in [5, 5.41) is 14.3. The number of benzene rings is 4. The molecule has 258 valence electrons. The van der Waals surface area contributed by atoms with Gasteiger partial charge in [-0.25, -0.2) is 4.39 Å². The summed E-state index contributed by atoms with van der Waals surface area (Å²) < 4.78 is 58.3. The summed E-state index contributed by atoms with van der Waals surface area (Å²) in [7, 11) is 0. The van der Waals surface area contributed by atoms with Crippen LogP contribution in [0.5, 0.6) is 5.75 Å². The van der Waals surface area contributed by atoms with Gasteiger partial charge in [0, 0.05) is 18.0 Å². The Hall–Kier alpha value is -5.19. The number of carbonyl (C=O) groups is 3. The number of aliphatic carboxylic acids is 1. The SMILES string of the molecule is CCCC(c1ccc(C(=O)NCCC(=O)O)cc1)[C@H](NC(=O)c1ccc(-c2c(C)cc(C)cc2C)cc1F)c1ccc(OC(F)(F)F)cc1. The molecule has 2 atom stereocenters. The standard InChI is InChI=1S/C38H38F4N2O5/c1-5-6-30(25-7-9-27(10-8-25)36(47)43-18-17-33(45)46)35(26-11-14-29(15-12-26)49-38(40,41)42)44-37(48)31-16-13-28(21-32(31)39)34-23(3)19-22(2)20-24(34)4/h7-16,19-21,30,35H,5-6,17-18H2,1-4H3,(H,43,47)(H,44,48)(H,45,46)/t30?,35-/m1/s1. The van der Waals surface area contributed by atoms with E-state index < -0.39 is 47.7 Å². The zero-order chi connectivity index (χ0) is 35.9. The van der Waals surface area contributed by atoms with E-state index in [2.05, 4.69) is 15.4 Å². The largest absolute Gasteiger partial charge is 0.573 e. The van der Waals surface area contributed by atoms with Gasteiger partial charge in [-0.3, -0.25) is 14.4 Å². The van der Waals surface area contributed by atoms with Crippen molar-refractivity contribution in [1.82, 2.24) is 10.6 Å². The second-order valence-electron chi connectivity index (χ2n) is 12.0. The lowest BCUT2D eigenvalue weighted by Crippen LogP contribution is -2.33.